The highest BCUT2D eigenvalue weighted by molar-refractivity contribution is 14.0. The van der Waals surface area contributed by atoms with Gasteiger partial charge in [-0.3, -0.25) is 9.67 Å². The van der Waals surface area contributed by atoms with Gasteiger partial charge in [-0.1, -0.05) is 42.5 Å². The highest BCUT2D eigenvalue weighted by atomic mass is 127. The van der Waals surface area contributed by atoms with Gasteiger partial charge in [-0.15, -0.1) is 24.0 Å². The zero-order valence-electron chi connectivity index (χ0n) is 16.6. The van der Waals surface area contributed by atoms with Gasteiger partial charge in [0.2, 0.25) is 0 Å². The fourth-order valence-electron chi connectivity index (χ4n) is 2.80. The van der Waals surface area contributed by atoms with Crippen LogP contribution < -0.4 is 15.4 Å². The zero-order valence-corrected chi connectivity index (χ0v) is 19.0. The van der Waals surface area contributed by atoms with E-state index in [0.29, 0.717) is 13.2 Å². The van der Waals surface area contributed by atoms with Gasteiger partial charge in [0.15, 0.2) is 5.96 Å². The van der Waals surface area contributed by atoms with E-state index in [0.717, 1.165) is 36.8 Å². The molecule has 7 heteroatoms. The molecule has 1 heterocycles. The number of aromatic nitrogens is 2. The molecule has 0 bridgehead atoms. The molecule has 3 aromatic rings. The number of halogens is 1. The molecule has 0 fully saturated rings. The molecule has 3 rings (SSSR count). The van der Waals surface area contributed by atoms with Crippen molar-refractivity contribution in [2.45, 2.75) is 26.1 Å². The number of guanidine groups is 1. The number of benzene rings is 2. The lowest BCUT2D eigenvalue weighted by Crippen LogP contribution is -2.37. The first-order valence-corrected chi connectivity index (χ1v) is 9.51. The van der Waals surface area contributed by atoms with Crippen LogP contribution in [0.4, 0.5) is 0 Å². The molecule has 0 saturated carbocycles. The molecule has 6 nitrogen and oxygen atoms in total. The van der Waals surface area contributed by atoms with Crippen molar-refractivity contribution in [3.8, 4) is 5.75 Å². The fourth-order valence-corrected chi connectivity index (χ4v) is 2.80. The average Bonchev–Trinajstić information content (AvgIpc) is 3.26. The first kappa shape index (κ1) is 22.7. The van der Waals surface area contributed by atoms with Crippen molar-refractivity contribution in [2.24, 2.45) is 4.99 Å². The monoisotopic (exact) mass is 505 g/mol. The maximum atomic E-state index is 5.83. The summed E-state index contributed by atoms with van der Waals surface area (Å²) in [6.07, 6.45) is 4.75. The summed E-state index contributed by atoms with van der Waals surface area (Å²) in [5.41, 5.74) is 2.33. The van der Waals surface area contributed by atoms with Gasteiger partial charge in [0, 0.05) is 39.1 Å². The second kappa shape index (κ2) is 12.8. The van der Waals surface area contributed by atoms with Gasteiger partial charge < -0.3 is 15.4 Å². The maximum Gasteiger partial charge on any atom is 0.191 e. The Bertz CT molecular complexity index is 853. The van der Waals surface area contributed by atoms with E-state index in [1.54, 1.807) is 13.2 Å². The molecule has 0 aliphatic carbocycles. The lowest BCUT2D eigenvalue weighted by atomic mass is 10.1. The Kier molecular flexibility index (Phi) is 10.1. The highest BCUT2D eigenvalue weighted by Gasteiger charge is 2.01. The van der Waals surface area contributed by atoms with Crippen LogP contribution in [-0.4, -0.2) is 29.3 Å². The van der Waals surface area contributed by atoms with Crippen LogP contribution in [0.5, 0.6) is 5.75 Å². The minimum atomic E-state index is 0. The van der Waals surface area contributed by atoms with Crippen LogP contribution in [0, 0.1) is 0 Å². The molecule has 154 valence electrons. The number of aliphatic imine (C=N–C) groups is 1. The van der Waals surface area contributed by atoms with Gasteiger partial charge in [-0.05, 0) is 35.7 Å². The van der Waals surface area contributed by atoms with Crippen molar-refractivity contribution in [2.75, 3.05) is 13.6 Å². The van der Waals surface area contributed by atoms with Crippen LogP contribution in [0.1, 0.15) is 17.5 Å². The maximum absolute atomic E-state index is 5.83. The van der Waals surface area contributed by atoms with E-state index < -0.39 is 0 Å². The van der Waals surface area contributed by atoms with Crippen molar-refractivity contribution in [1.29, 1.82) is 0 Å². The molecule has 1 aromatic heterocycles. The molecule has 2 aromatic carbocycles. The number of para-hydroxylation sites is 1. The largest absolute Gasteiger partial charge is 0.489 e. The smallest absolute Gasteiger partial charge is 0.191 e. The summed E-state index contributed by atoms with van der Waals surface area (Å²) >= 11 is 0. The number of ether oxygens (including phenoxy) is 1. The minimum absolute atomic E-state index is 0. The zero-order chi connectivity index (χ0) is 19.4. The molecule has 0 radical (unpaired) electrons. The second-order valence-electron chi connectivity index (χ2n) is 6.40. The molecule has 0 saturated heterocycles. The van der Waals surface area contributed by atoms with E-state index in [-0.39, 0.29) is 24.0 Å². The Labute approximate surface area is 189 Å². The third-order valence-electron chi connectivity index (χ3n) is 4.24. The lowest BCUT2D eigenvalue weighted by molar-refractivity contribution is 0.306. The van der Waals surface area contributed by atoms with Crippen LogP contribution in [-0.2, 0) is 19.7 Å². The van der Waals surface area contributed by atoms with E-state index in [1.165, 1.54) is 5.56 Å². The van der Waals surface area contributed by atoms with Gasteiger partial charge >= 0.3 is 0 Å². The fraction of sp³-hybridized carbons (Fsp3) is 0.273. The minimum Gasteiger partial charge on any atom is -0.489 e. The number of hydrogen-bond acceptors (Lipinski definition) is 3. The van der Waals surface area contributed by atoms with Crippen molar-refractivity contribution < 1.29 is 4.74 Å². The molecule has 0 spiro atoms. The van der Waals surface area contributed by atoms with E-state index in [2.05, 4.69) is 45.0 Å². The summed E-state index contributed by atoms with van der Waals surface area (Å²) in [4.78, 5) is 4.28. The SMILES string of the molecule is CN=C(NCCCn1cccn1)NCc1cccc(COc2ccccc2)c1.I. The summed E-state index contributed by atoms with van der Waals surface area (Å²) in [6.45, 7) is 2.99. The summed E-state index contributed by atoms with van der Waals surface area (Å²) in [5, 5.41) is 10.9. The Hall–Kier alpha value is -2.55. The van der Waals surface area contributed by atoms with Gasteiger partial charge in [0.05, 0.1) is 0 Å². The summed E-state index contributed by atoms with van der Waals surface area (Å²) in [7, 11) is 1.78. The molecular weight excluding hydrogens is 477 g/mol. The predicted molar refractivity (Wildman–Crippen MR) is 128 cm³/mol. The molecule has 0 amide bonds. The van der Waals surface area contributed by atoms with Crippen LogP contribution in [0.3, 0.4) is 0 Å². The van der Waals surface area contributed by atoms with Crippen molar-refractivity contribution in [3.05, 3.63) is 84.2 Å². The normalized spacial score (nSPS) is 10.9. The Morgan fingerprint density at radius 1 is 1.03 bits per heavy atom. The molecular formula is C22H28IN5O. The molecule has 0 unspecified atom stereocenters. The number of aryl methyl sites for hydroxylation is 1. The Morgan fingerprint density at radius 3 is 2.62 bits per heavy atom. The molecule has 29 heavy (non-hydrogen) atoms. The van der Waals surface area contributed by atoms with Crippen LogP contribution in [0.25, 0.3) is 0 Å². The average molecular weight is 505 g/mol. The first-order chi connectivity index (χ1) is 13.8. The standard InChI is InChI=1S/C22H27N5O.HI/c1-23-22(24-12-6-14-27-15-7-13-26-27)25-17-19-8-5-9-20(16-19)18-28-21-10-3-2-4-11-21;/h2-5,7-11,13,15-16H,6,12,14,17-18H2,1H3,(H2,23,24,25);1H. The van der Waals surface area contributed by atoms with Gasteiger partial charge in [0.1, 0.15) is 12.4 Å². The van der Waals surface area contributed by atoms with Crippen LogP contribution >= 0.6 is 24.0 Å². The number of hydrogen-bond donors (Lipinski definition) is 2. The lowest BCUT2D eigenvalue weighted by Gasteiger charge is -2.13. The van der Waals surface area contributed by atoms with Gasteiger partial charge in [0.25, 0.3) is 0 Å². The van der Waals surface area contributed by atoms with Gasteiger partial charge in [-0.25, -0.2) is 0 Å². The summed E-state index contributed by atoms with van der Waals surface area (Å²) in [5.74, 6) is 1.68. The summed E-state index contributed by atoms with van der Waals surface area (Å²) in [6, 6.07) is 20.2. The van der Waals surface area contributed by atoms with E-state index >= 15 is 0 Å². The number of nitrogens with zero attached hydrogens (tertiary/aromatic N) is 3. The predicted octanol–water partition coefficient (Wildman–Crippen LogP) is 3.84. The van der Waals surface area contributed by atoms with E-state index in [1.807, 2.05) is 47.3 Å². The van der Waals surface area contributed by atoms with Crippen molar-refractivity contribution >= 4 is 29.9 Å². The molecule has 2 N–H and O–H groups in total. The molecule has 0 aliphatic heterocycles. The first-order valence-electron chi connectivity index (χ1n) is 9.51. The van der Waals surface area contributed by atoms with Crippen LogP contribution in [0.2, 0.25) is 0 Å². The number of nitrogens with one attached hydrogen (secondary N) is 2. The third kappa shape index (κ3) is 8.15. The van der Waals surface area contributed by atoms with Crippen LogP contribution in [0.15, 0.2) is 78.0 Å². The van der Waals surface area contributed by atoms with Crippen molar-refractivity contribution in [1.82, 2.24) is 20.4 Å². The number of rotatable bonds is 9. The molecule has 0 atom stereocenters. The Balaban J connectivity index is 0.00000300. The highest BCUT2D eigenvalue weighted by Crippen LogP contribution is 2.12. The Morgan fingerprint density at radius 2 is 1.86 bits per heavy atom. The van der Waals surface area contributed by atoms with Crippen molar-refractivity contribution in [3.63, 3.8) is 0 Å². The van der Waals surface area contributed by atoms with Gasteiger partial charge in [-0.2, -0.15) is 5.10 Å². The molecule has 0 aliphatic rings. The van der Waals surface area contributed by atoms with E-state index in [9.17, 15) is 0 Å². The quantitative estimate of drug-likeness (QED) is 0.201. The van der Waals surface area contributed by atoms with E-state index in [4.69, 9.17) is 4.74 Å². The second-order valence-corrected chi connectivity index (χ2v) is 6.40. The summed E-state index contributed by atoms with van der Waals surface area (Å²) < 4.78 is 7.76. The third-order valence-corrected chi connectivity index (χ3v) is 4.24. The topological polar surface area (TPSA) is 63.5 Å².